The lowest BCUT2D eigenvalue weighted by atomic mass is 10.1. The molecule has 1 aliphatic rings. The molecule has 0 unspecified atom stereocenters. The number of nitrogens with two attached hydrogens (primary N) is 1. The Hall–Kier alpha value is -1.99. The Bertz CT molecular complexity index is 682. The molecule has 1 heterocycles. The van der Waals surface area contributed by atoms with Crippen LogP contribution in [0.3, 0.4) is 0 Å². The second-order valence-corrected chi connectivity index (χ2v) is 6.37. The minimum atomic E-state index is -0.271. The first kappa shape index (κ1) is 15.9. The smallest absolute Gasteiger partial charge is 0.205 e. The number of hydrogen-bond acceptors (Lipinski definition) is 6. The predicted octanol–water partition coefficient (Wildman–Crippen LogP) is 3.77. The second kappa shape index (κ2) is 7.52. The lowest BCUT2D eigenvalue weighted by Crippen LogP contribution is -2.08. The summed E-state index contributed by atoms with van der Waals surface area (Å²) in [6.07, 6.45) is 6.54. The molecule has 0 aliphatic heterocycles. The van der Waals surface area contributed by atoms with E-state index >= 15 is 0 Å². The van der Waals surface area contributed by atoms with Gasteiger partial charge in [0.2, 0.25) is 5.13 Å². The summed E-state index contributed by atoms with van der Waals surface area (Å²) in [5.41, 5.74) is 9.98. The summed E-state index contributed by atoms with van der Waals surface area (Å²) in [5.74, 6) is 0.188. The van der Waals surface area contributed by atoms with Gasteiger partial charge in [-0.2, -0.15) is 5.10 Å². The van der Waals surface area contributed by atoms with Crippen LogP contribution in [0.25, 0.3) is 0 Å². The number of nitrogen functional groups attached to an aromatic ring is 1. The standard InChI is InChI=1S/C16H19FN4OS/c17-13-6-5-11(8-19-21-16-20-15(18)10-23-16)12(7-13)9-22-14-3-1-2-4-14/h5-8,10,14H,1-4,9,18H2,(H,20,21). The van der Waals surface area contributed by atoms with Crippen LogP contribution in [0.2, 0.25) is 0 Å². The van der Waals surface area contributed by atoms with Gasteiger partial charge in [-0.1, -0.05) is 18.9 Å². The lowest BCUT2D eigenvalue weighted by molar-refractivity contribution is 0.0455. The molecule has 7 heteroatoms. The number of thiazole rings is 1. The van der Waals surface area contributed by atoms with Crippen LogP contribution in [0.15, 0.2) is 28.7 Å². The zero-order valence-corrected chi connectivity index (χ0v) is 13.5. The Kier molecular flexibility index (Phi) is 5.19. The number of hydrogen-bond donors (Lipinski definition) is 2. The van der Waals surface area contributed by atoms with Gasteiger partial charge < -0.3 is 10.5 Å². The summed E-state index contributed by atoms with van der Waals surface area (Å²) in [4.78, 5) is 4.05. The first-order chi connectivity index (χ1) is 11.2. The first-order valence-electron chi connectivity index (χ1n) is 7.61. The molecule has 1 fully saturated rings. The number of halogens is 1. The van der Waals surface area contributed by atoms with Gasteiger partial charge in [-0.15, -0.1) is 11.3 Å². The van der Waals surface area contributed by atoms with Crippen molar-refractivity contribution in [3.05, 3.63) is 40.5 Å². The lowest BCUT2D eigenvalue weighted by Gasteiger charge is -2.12. The summed E-state index contributed by atoms with van der Waals surface area (Å²) < 4.78 is 19.4. The van der Waals surface area contributed by atoms with E-state index < -0.39 is 0 Å². The normalized spacial score (nSPS) is 15.5. The molecule has 0 bridgehead atoms. The summed E-state index contributed by atoms with van der Waals surface area (Å²) in [5, 5.41) is 6.48. The maximum atomic E-state index is 13.5. The van der Waals surface area contributed by atoms with Crippen LogP contribution in [0.5, 0.6) is 0 Å². The molecule has 2 aromatic rings. The number of anilines is 2. The van der Waals surface area contributed by atoms with Crippen LogP contribution in [0.4, 0.5) is 15.3 Å². The van der Waals surface area contributed by atoms with E-state index in [0.29, 0.717) is 23.7 Å². The van der Waals surface area contributed by atoms with E-state index in [0.717, 1.165) is 24.0 Å². The van der Waals surface area contributed by atoms with Gasteiger partial charge in [0.1, 0.15) is 11.6 Å². The molecule has 0 spiro atoms. The van der Waals surface area contributed by atoms with Crippen molar-refractivity contribution in [3.8, 4) is 0 Å². The SMILES string of the molecule is Nc1csc(NN=Cc2ccc(F)cc2COC2CCCC2)n1. The van der Waals surface area contributed by atoms with Crippen LogP contribution in [-0.2, 0) is 11.3 Å². The predicted molar refractivity (Wildman–Crippen MR) is 91.2 cm³/mol. The summed E-state index contributed by atoms with van der Waals surface area (Å²) in [6, 6.07) is 4.61. The van der Waals surface area contributed by atoms with Crippen LogP contribution in [-0.4, -0.2) is 17.3 Å². The molecule has 0 atom stereocenters. The number of rotatable bonds is 6. The highest BCUT2D eigenvalue weighted by molar-refractivity contribution is 7.14. The number of hydrazone groups is 1. The molecule has 1 aromatic carbocycles. The van der Waals surface area contributed by atoms with Gasteiger partial charge in [0, 0.05) is 10.9 Å². The third-order valence-electron chi connectivity index (χ3n) is 3.77. The van der Waals surface area contributed by atoms with E-state index in [1.807, 2.05) is 0 Å². The minimum Gasteiger partial charge on any atom is -0.383 e. The summed E-state index contributed by atoms with van der Waals surface area (Å²) >= 11 is 1.37. The molecule has 0 amide bonds. The van der Waals surface area contributed by atoms with Crippen LogP contribution in [0.1, 0.15) is 36.8 Å². The molecule has 23 heavy (non-hydrogen) atoms. The molecule has 5 nitrogen and oxygen atoms in total. The Morgan fingerprint density at radius 3 is 3.00 bits per heavy atom. The summed E-state index contributed by atoms with van der Waals surface area (Å²) in [6.45, 7) is 0.397. The summed E-state index contributed by atoms with van der Waals surface area (Å²) in [7, 11) is 0. The molecule has 122 valence electrons. The van der Waals surface area contributed by atoms with Gasteiger partial charge >= 0.3 is 0 Å². The quantitative estimate of drug-likeness (QED) is 0.623. The average molecular weight is 334 g/mol. The van der Waals surface area contributed by atoms with Crippen molar-refractivity contribution >= 4 is 28.5 Å². The van der Waals surface area contributed by atoms with E-state index in [2.05, 4.69) is 15.5 Å². The van der Waals surface area contributed by atoms with Crippen LogP contribution >= 0.6 is 11.3 Å². The fourth-order valence-electron chi connectivity index (χ4n) is 2.58. The van der Waals surface area contributed by atoms with E-state index in [-0.39, 0.29) is 5.82 Å². The Labute approximate surface area is 138 Å². The number of nitrogens with zero attached hydrogens (tertiary/aromatic N) is 2. The second-order valence-electron chi connectivity index (χ2n) is 5.51. The Morgan fingerprint density at radius 2 is 2.26 bits per heavy atom. The first-order valence-corrected chi connectivity index (χ1v) is 8.49. The maximum absolute atomic E-state index is 13.5. The van der Waals surface area contributed by atoms with E-state index in [4.69, 9.17) is 10.5 Å². The molecule has 3 rings (SSSR count). The highest BCUT2D eigenvalue weighted by Gasteiger charge is 2.16. The van der Waals surface area contributed by atoms with Gasteiger partial charge in [-0.3, -0.25) is 5.43 Å². The van der Waals surface area contributed by atoms with Gasteiger partial charge in [-0.05, 0) is 30.5 Å². The van der Waals surface area contributed by atoms with E-state index in [1.165, 1.54) is 36.3 Å². The molecular formula is C16H19FN4OS. The molecular weight excluding hydrogens is 315 g/mol. The highest BCUT2D eigenvalue weighted by atomic mass is 32.1. The molecule has 1 saturated carbocycles. The van der Waals surface area contributed by atoms with Crippen LogP contribution in [0, 0.1) is 5.82 Å². The number of ether oxygens (including phenoxy) is 1. The van der Waals surface area contributed by atoms with Crippen molar-refractivity contribution < 1.29 is 9.13 Å². The Balaban J connectivity index is 1.65. The molecule has 1 aromatic heterocycles. The fourth-order valence-corrected chi connectivity index (χ4v) is 3.13. The maximum Gasteiger partial charge on any atom is 0.205 e. The highest BCUT2D eigenvalue weighted by Crippen LogP contribution is 2.23. The minimum absolute atomic E-state index is 0.271. The molecule has 0 radical (unpaired) electrons. The Morgan fingerprint density at radius 1 is 1.43 bits per heavy atom. The number of nitrogens with one attached hydrogen (secondary N) is 1. The molecule has 3 N–H and O–H groups in total. The van der Waals surface area contributed by atoms with E-state index in [1.54, 1.807) is 17.7 Å². The largest absolute Gasteiger partial charge is 0.383 e. The fraction of sp³-hybridized carbons (Fsp3) is 0.375. The van der Waals surface area contributed by atoms with Gasteiger partial charge in [0.15, 0.2) is 0 Å². The third kappa shape index (κ3) is 4.49. The van der Waals surface area contributed by atoms with Crippen molar-refractivity contribution in [1.29, 1.82) is 0 Å². The molecule has 1 aliphatic carbocycles. The van der Waals surface area contributed by atoms with Gasteiger partial charge in [-0.25, -0.2) is 9.37 Å². The van der Waals surface area contributed by atoms with Crippen molar-refractivity contribution in [2.45, 2.75) is 38.4 Å². The zero-order valence-electron chi connectivity index (χ0n) is 12.7. The monoisotopic (exact) mass is 334 g/mol. The van der Waals surface area contributed by atoms with Crippen LogP contribution < -0.4 is 11.2 Å². The van der Waals surface area contributed by atoms with Crippen molar-refractivity contribution in [1.82, 2.24) is 4.98 Å². The van der Waals surface area contributed by atoms with Gasteiger partial charge in [0.05, 0.1) is 18.9 Å². The molecule has 0 saturated heterocycles. The van der Waals surface area contributed by atoms with E-state index in [9.17, 15) is 4.39 Å². The third-order valence-corrected chi connectivity index (χ3v) is 4.53. The number of aromatic nitrogens is 1. The van der Waals surface area contributed by atoms with Crippen molar-refractivity contribution in [3.63, 3.8) is 0 Å². The topological polar surface area (TPSA) is 72.5 Å². The van der Waals surface area contributed by atoms with Crippen molar-refractivity contribution in [2.75, 3.05) is 11.2 Å². The number of benzene rings is 1. The van der Waals surface area contributed by atoms with Crippen molar-refractivity contribution in [2.24, 2.45) is 5.10 Å². The zero-order chi connectivity index (χ0) is 16.1. The average Bonchev–Trinajstić information content (AvgIpc) is 3.19. The van der Waals surface area contributed by atoms with Gasteiger partial charge in [0.25, 0.3) is 0 Å².